The van der Waals surface area contributed by atoms with E-state index in [9.17, 15) is 0 Å². The second-order valence-corrected chi connectivity index (χ2v) is 8.68. The molecule has 0 unspecified atom stereocenters. The monoisotopic (exact) mass is 505 g/mol. The molecule has 0 aromatic heterocycles. The number of hydrogen-bond acceptors (Lipinski definition) is 7. The molecule has 3 aromatic rings. The third kappa shape index (κ3) is 7.38. The summed E-state index contributed by atoms with van der Waals surface area (Å²) in [6, 6.07) is 30.0. The Labute approximate surface area is 217 Å². The van der Waals surface area contributed by atoms with Crippen LogP contribution in [-0.2, 0) is 43.5 Å². The van der Waals surface area contributed by atoms with Gasteiger partial charge in [0.2, 0.25) is 0 Å². The Balaban J connectivity index is 1.60. The first-order chi connectivity index (χ1) is 17.8. The second kappa shape index (κ2) is 14.1. The molecule has 36 heavy (non-hydrogen) atoms. The van der Waals surface area contributed by atoms with Crippen molar-refractivity contribution in [2.24, 2.45) is 4.99 Å². The smallest absolute Gasteiger partial charge is 0.186 e. The molecule has 5 atom stereocenters. The minimum Gasteiger partial charge on any atom is -0.368 e. The average molecular weight is 506 g/mol. The van der Waals surface area contributed by atoms with Crippen LogP contribution in [0, 0.1) is 0 Å². The van der Waals surface area contributed by atoms with Crippen molar-refractivity contribution in [2.75, 3.05) is 13.7 Å². The Hall–Kier alpha value is -2.74. The molecule has 0 saturated carbocycles. The third-order valence-electron chi connectivity index (χ3n) is 6.02. The van der Waals surface area contributed by atoms with E-state index in [1.54, 1.807) is 7.11 Å². The van der Waals surface area contributed by atoms with E-state index in [4.69, 9.17) is 35.9 Å². The van der Waals surface area contributed by atoms with Gasteiger partial charge in [-0.2, -0.15) is 0 Å². The Morgan fingerprint density at radius 1 is 0.694 bits per heavy atom. The van der Waals surface area contributed by atoms with Crippen molar-refractivity contribution < 1.29 is 23.7 Å². The molecule has 0 aliphatic carbocycles. The highest BCUT2D eigenvalue weighted by Gasteiger charge is 2.48. The summed E-state index contributed by atoms with van der Waals surface area (Å²) >= 11 is 4.82. The van der Waals surface area contributed by atoms with Crippen LogP contribution in [0.4, 0.5) is 0 Å². The molecular formula is C29H31NO5S. The number of benzene rings is 3. The van der Waals surface area contributed by atoms with Gasteiger partial charge in [-0.25, -0.2) is 4.99 Å². The van der Waals surface area contributed by atoms with Crippen LogP contribution in [0.3, 0.4) is 0 Å². The van der Waals surface area contributed by atoms with Crippen LogP contribution in [0.2, 0.25) is 0 Å². The van der Waals surface area contributed by atoms with Gasteiger partial charge in [0.1, 0.15) is 24.4 Å². The lowest BCUT2D eigenvalue weighted by Gasteiger charge is -2.45. The van der Waals surface area contributed by atoms with E-state index in [0.29, 0.717) is 19.8 Å². The van der Waals surface area contributed by atoms with E-state index < -0.39 is 30.7 Å². The number of thiocarbonyl (C=S) groups is 1. The van der Waals surface area contributed by atoms with Gasteiger partial charge in [0, 0.05) is 7.11 Å². The molecule has 1 aliphatic rings. The zero-order valence-corrected chi connectivity index (χ0v) is 21.1. The number of aliphatic imine (C=N–C) groups is 1. The molecule has 0 amide bonds. The van der Waals surface area contributed by atoms with Crippen LogP contribution in [-0.4, -0.2) is 49.5 Å². The van der Waals surface area contributed by atoms with Crippen molar-refractivity contribution in [3.8, 4) is 0 Å². The van der Waals surface area contributed by atoms with Crippen molar-refractivity contribution in [2.45, 2.75) is 50.5 Å². The zero-order valence-electron chi connectivity index (χ0n) is 20.3. The molecular weight excluding hydrogens is 474 g/mol. The Bertz CT molecular complexity index is 1080. The number of isothiocyanates is 1. The van der Waals surface area contributed by atoms with Gasteiger partial charge in [-0.1, -0.05) is 91.0 Å². The molecule has 7 heteroatoms. The maximum atomic E-state index is 6.52. The molecule has 0 radical (unpaired) electrons. The van der Waals surface area contributed by atoms with E-state index in [0.717, 1.165) is 16.7 Å². The first-order valence-electron chi connectivity index (χ1n) is 12.0. The Morgan fingerprint density at radius 2 is 1.14 bits per heavy atom. The molecule has 6 nitrogen and oxygen atoms in total. The predicted octanol–water partition coefficient (Wildman–Crippen LogP) is 5.22. The van der Waals surface area contributed by atoms with E-state index in [-0.39, 0.29) is 6.54 Å². The van der Waals surface area contributed by atoms with Gasteiger partial charge in [-0.15, -0.1) is 0 Å². The molecule has 3 aromatic carbocycles. The van der Waals surface area contributed by atoms with E-state index in [1.807, 2.05) is 91.0 Å². The summed E-state index contributed by atoms with van der Waals surface area (Å²) in [6.45, 7) is 1.44. The summed E-state index contributed by atoms with van der Waals surface area (Å²) in [5.74, 6) is 0. The number of methoxy groups -OCH3 is 1. The number of hydrogen-bond donors (Lipinski definition) is 0. The van der Waals surface area contributed by atoms with Crippen LogP contribution >= 0.6 is 12.2 Å². The maximum absolute atomic E-state index is 6.52. The van der Waals surface area contributed by atoms with Gasteiger partial charge in [-0.3, -0.25) is 0 Å². The summed E-state index contributed by atoms with van der Waals surface area (Å²) in [5, 5.41) is 2.43. The van der Waals surface area contributed by atoms with Gasteiger partial charge in [0.15, 0.2) is 6.29 Å². The summed E-state index contributed by atoms with van der Waals surface area (Å²) < 4.78 is 31.4. The quantitative estimate of drug-likeness (QED) is 0.249. The van der Waals surface area contributed by atoms with E-state index >= 15 is 0 Å². The highest BCUT2D eigenvalue weighted by Crippen LogP contribution is 2.31. The van der Waals surface area contributed by atoms with Gasteiger partial charge < -0.3 is 23.7 Å². The van der Waals surface area contributed by atoms with Gasteiger partial charge in [-0.05, 0) is 28.9 Å². The van der Waals surface area contributed by atoms with Crippen LogP contribution in [0.1, 0.15) is 16.7 Å². The first kappa shape index (κ1) is 26.3. The van der Waals surface area contributed by atoms with Crippen LogP contribution in [0.15, 0.2) is 96.0 Å². The largest absolute Gasteiger partial charge is 0.368 e. The minimum absolute atomic E-state index is 0.277. The van der Waals surface area contributed by atoms with Crippen LogP contribution in [0.25, 0.3) is 0 Å². The van der Waals surface area contributed by atoms with Gasteiger partial charge in [0.05, 0.1) is 31.5 Å². The first-order valence-corrected chi connectivity index (χ1v) is 12.4. The lowest BCUT2D eigenvalue weighted by atomic mass is 9.97. The van der Waals surface area contributed by atoms with Crippen LogP contribution < -0.4 is 0 Å². The third-order valence-corrected chi connectivity index (χ3v) is 6.14. The van der Waals surface area contributed by atoms with Gasteiger partial charge in [0.25, 0.3) is 0 Å². The SMILES string of the molecule is CO[C@H]1O[C@H](CN=C=S)[C@@H](OCc2ccccc2)[C@H](OCc2ccccc2)[C@H]1OCc1ccccc1. The minimum atomic E-state index is -0.670. The van der Waals surface area contributed by atoms with Crippen molar-refractivity contribution in [1.82, 2.24) is 0 Å². The fraction of sp³-hybridized carbons (Fsp3) is 0.345. The molecule has 1 saturated heterocycles. The van der Waals surface area contributed by atoms with Crippen molar-refractivity contribution >= 4 is 17.4 Å². The molecule has 1 heterocycles. The molecule has 0 spiro atoms. The highest BCUT2D eigenvalue weighted by molar-refractivity contribution is 7.78. The normalized spacial score (nSPS) is 23.6. The average Bonchev–Trinajstić information content (AvgIpc) is 2.94. The Morgan fingerprint density at radius 3 is 1.58 bits per heavy atom. The number of rotatable bonds is 12. The molecule has 4 rings (SSSR count). The lowest BCUT2D eigenvalue weighted by molar-refractivity contribution is -0.315. The summed E-state index contributed by atoms with van der Waals surface area (Å²) in [5.41, 5.74) is 3.14. The van der Waals surface area contributed by atoms with Crippen molar-refractivity contribution in [3.05, 3.63) is 108 Å². The number of ether oxygens (including phenoxy) is 5. The highest BCUT2D eigenvalue weighted by atomic mass is 32.1. The summed E-state index contributed by atoms with van der Waals surface area (Å²) in [4.78, 5) is 4.15. The molecule has 0 N–H and O–H groups in total. The fourth-order valence-electron chi connectivity index (χ4n) is 4.21. The second-order valence-electron chi connectivity index (χ2n) is 8.49. The molecule has 188 valence electrons. The standard InChI is InChI=1S/C29H31NO5S/c1-31-29-28(34-20-24-15-9-4-10-16-24)27(33-19-23-13-7-3-8-14-23)26(25(35-29)17-30-21-36)32-18-22-11-5-2-6-12-22/h2-16,25-29H,17-20H2,1H3/t25-,26-,27+,28-,29+/m1/s1. The molecule has 1 aliphatic heterocycles. The molecule has 1 fully saturated rings. The van der Waals surface area contributed by atoms with Crippen molar-refractivity contribution in [1.29, 1.82) is 0 Å². The van der Waals surface area contributed by atoms with Crippen molar-refractivity contribution in [3.63, 3.8) is 0 Å². The number of nitrogens with zero attached hydrogens (tertiary/aromatic N) is 1. The predicted molar refractivity (Wildman–Crippen MR) is 141 cm³/mol. The van der Waals surface area contributed by atoms with E-state index in [1.165, 1.54) is 0 Å². The molecule has 0 bridgehead atoms. The fourth-order valence-corrected chi connectivity index (χ4v) is 4.28. The van der Waals surface area contributed by atoms with E-state index in [2.05, 4.69) is 10.2 Å². The topological polar surface area (TPSA) is 58.5 Å². The summed E-state index contributed by atoms with van der Waals surface area (Å²) in [6.07, 6.45) is -2.62. The zero-order chi connectivity index (χ0) is 25.0. The lowest BCUT2D eigenvalue weighted by Crippen LogP contribution is -2.61. The Kier molecular flexibility index (Phi) is 10.3. The summed E-state index contributed by atoms with van der Waals surface area (Å²) in [7, 11) is 1.60. The maximum Gasteiger partial charge on any atom is 0.186 e. The van der Waals surface area contributed by atoms with Gasteiger partial charge >= 0.3 is 0 Å². The van der Waals surface area contributed by atoms with Crippen LogP contribution in [0.5, 0.6) is 0 Å².